The molecule has 1 saturated heterocycles. The summed E-state index contributed by atoms with van der Waals surface area (Å²) in [6.07, 6.45) is 3.40. The Kier molecular flexibility index (Phi) is 5.16. The van der Waals surface area contributed by atoms with Gasteiger partial charge in [-0.15, -0.1) is 0 Å². The number of carbonyl (C=O) groups is 1. The quantitative estimate of drug-likeness (QED) is 0.477. The van der Waals surface area contributed by atoms with Gasteiger partial charge in [-0.1, -0.05) is 23.9 Å². The van der Waals surface area contributed by atoms with E-state index in [4.69, 9.17) is 4.74 Å². The molecule has 140 valence electrons. The number of ether oxygens (including phenoxy) is 1. The van der Waals surface area contributed by atoms with E-state index in [0.717, 1.165) is 19.4 Å². The zero-order valence-corrected chi connectivity index (χ0v) is 15.2. The largest absolute Gasteiger partial charge is 0.376 e. The number of hydrogen-bond donors (Lipinski definition) is 2. The number of hydrogen-bond acceptors (Lipinski definition) is 7. The van der Waals surface area contributed by atoms with E-state index in [1.807, 2.05) is 6.07 Å². The van der Waals surface area contributed by atoms with Gasteiger partial charge in [-0.25, -0.2) is 14.6 Å². The van der Waals surface area contributed by atoms with Crippen molar-refractivity contribution in [3.05, 3.63) is 40.9 Å². The number of rotatable bonds is 6. The first-order valence-electron chi connectivity index (χ1n) is 8.61. The fourth-order valence-corrected chi connectivity index (χ4v) is 3.74. The van der Waals surface area contributed by atoms with E-state index >= 15 is 0 Å². The molecule has 1 aliphatic rings. The second-order valence-corrected chi connectivity index (χ2v) is 7.03. The lowest BCUT2D eigenvalue weighted by atomic mass is 10.2. The molecule has 0 spiro atoms. The standard InChI is InChI=1S/C17H18N6O3S/c24-14(18-8-11-4-3-7-26-11)9-27-17-21-13-6-2-1-5-12(13)15(25)23(17)16-19-10-20-22-16/h1-2,5-6,10-11H,3-4,7-9H2,(H,18,24)(H,19,20,22)/t11-/m0/s1. The lowest BCUT2D eigenvalue weighted by Gasteiger charge is -2.12. The second-order valence-electron chi connectivity index (χ2n) is 6.09. The molecule has 1 atom stereocenters. The van der Waals surface area contributed by atoms with E-state index in [1.165, 1.54) is 22.7 Å². The van der Waals surface area contributed by atoms with Crippen molar-refractivity contribution in [1.29, 1.82) is 0 Å². The molecule has 0 unspecified atom stereocenters. The minimum Gasteiger partial charge on any atom is -0.376 e. The Balaban J connectivity index is 1.56. The summed E-state index contributed by atoms with van der Waals surface area (Å²) in [4.78, 5) is 33.7. The summed E-state index contributed by atoms with van der Waals surface area (Å²) in [6.45, 7) is 1.25. The van der Waals surface area contributed by atoms with Gasteiger partial charge < -0.3 is 10.1 Å². The van der Waals surface area contributed by atoms with Crippen LogP contribution in [-0.2, 0) is 9.53 Å². The van der Waals surface area contributed by atoms with Gasteiger partial charge in [-0.2, -0.15) is 10.1 Å². The Hall–Kier alpha value is -2.72. The third kappa shape index (κ3) is 3.86. The summed E-state index contributed by atoms with van der Waals surface area (Å²) in [5, 5.41) is 10.2. The van der Waals surface area contributed by atoms with E-state index in [9.17, 15) is 9.59 Å². The fraction of sp³-hybridized carbons (Fsp3) is 0.353. The second kappa shape index (κ2) is 7.89. The number of nitrogens with one attached hydrogen (secondary N) is 2. The Morgan fingerprint density at radius 3 is 3.07 bits per heavy atom. The van der Waals surface area contributed by atoms with Crippen LogP contribution in [0.25, 0.3) is 16.9 Å². The molecule has 0 saturated carbocycles. The molecule has 0 radical (unpaired) electrons. The first kappa shape index (κ1) is 17.7. The van der Waals surface area contributed by atoms with Crippen LogP contribution in [0, 0.1) is 0 Å². The molecule has 10 heteroatoms. The van der Waals surface area contributed by atoms with E-state index in [-0.39, 0.29) is 29.3 Å². The van der Waals surface area contributed by atoms with Gasteiger partial charge in [0.05, 0.1) is 22.8 Å². The lowest BCUT2D eigenvalue weighted by molar-refractivity contribution is -0.119. The van der Waals surface area contributed by atoms with Crippen molar-refractivity contribution in [3.63, 3.8) is 0 Å². The third-order valence-corrected chi connectivity index (χ3v) is 5.18. The van der Waals surface area contributed by atoms with Crippen LogP contribution in [0.2, 0.25) is 0 Å². The van der Waals surface area contributed by atoms with Crippen molar-refractivity contribution < 1.29 is 9.53 Å². The summed E-state index contributed by atoms with van der Waals surface area (Å²) >= 11 is 1.18. The minimum atomic E-state index is -0.264. The number of amides is 1. The number of carbonyl (C=O) groups excluding carboxylic acids is 1. The molecule has 1 aliphatic heterocycles. The highest BCUT2D eigenvalue weighted by Crippen LogP contribution is 2.19. The van der Waals surface area contributed by atoms with E-state index < -0.39 is 0 Å². The summed E-state index contributed by atoms with van der Waals surface area (Å²) in [6, 6.07) is 7.07. The van der Waals surface area contributed by atoms with Crippen LogP contribution < -0.4 is 10.9 Å². The maximum Gasteiger partial charge on any atom is 0.269 e. The Bertz CT molecular complexity index is 998. The van der Waals surface area contributed by atoms with Crippen LogP contribution in [0.15, 0.2) is 40.5 Å². The number of thioether (sulfide) groups is 1. The fourth-order valence-electron chi connectivity index (χ4n) is 2.92. The highest BCUT2D eigenvalue weighted by molar-refractivity contribution is 7.99. The number of fused-ring (bicyclic) bond motifs is 1. The van der Waals surface area contributed by atoms with Gasteiger partial charge in [-0.3, -0.25) is 9.59 Å². The molecule has 9 nitrogen and oxygen atoms in total. The van der Waals surface area contributed by atoms with Crippen LogP contribution >= 0.6 is 11.8 Å². The normalized spacial score (nSPS) is 16.7. The van der Waals surface area contributed by atoms with Crippen LogP contribution in [0.3, 0.4) is 0 Å². The number of nitrogens with zero attached hydrogens (tertiary/aromatic N) is 4. The van der Waals surface area contributed by atoms with Crippen LogP contribution in [0.5, 0.6) is 0 Å². The van der Waals surface area contributed by atoms with Crippen molar-refractivity contribution in [2.45, 2.75) is 24.1 Å². The average Bonchev–Trinajstić information content (AvgIpc) is 3.39. The molecule has 3 aromatic rings. The van der Waals surface area contributed by atoms with Gasteiger partial charge in [0.1, 0.15) is 6.33 Å². The molecule has 2 N–H and O–H groups in total. The highest BCUT2D eigenvalue weighted by atomic mass is 32.2. The molecule has 1 aromatic carbocycles. The Morgan fingerprint density at radius 2 is 2.30 bits per heavy atom. The Morgan fingerprint density at radius 1 is 1.41 bits per heavy atom. The van der Waals surface area contributed by atoms with Crippen LogP contribution in [0.4, 0.5) is 0 Å². The summed E-state index contributed by atoms with van der Waals surface area (Å²) in [5.41, 5.74) is 0.306. The van der Waals surface area contributed by atoms with Crippen LogP contribution in [0.1, 0.15) is 12.8 Å². The van der Waals surface area contributed by atoms with Crippen molar-refractivity contribution in [2.24, 2.45) is 0 Å². The predicted octanol–water partition coefficient (Wildman–Crippen LogP) is 0.891. The molecular formula is C17H18N6O3S. The average molecular weight is 386 g/mol. The smallest absolute Gasteiger partial charge is 0.269 e. The monoisotopic (exact) mass is 386 g/mol. The van der Waals surface area contributed by atoms with Gasteiger partial charge >= 0.3 is 0 Å². The van der Waals surface area contributed by atoms with E-state index in [0.29, 0.717) is 22.6 Å². The summed E-state index contributed by atoms with van der Waals surface area (Å²) in [7, 11) is 0. The zero-order valence-electron chi connectivity index (χ0n) is 14.4. The maximum atomic E-state index is 12.9. The van der Waals surface area contributed by atoms with Gasteiger partial charge in [0.15, 0.2) is 5.16 Å². The SMILES string of the molecule is O=C(CSc1nc2ccccc2c(=O)n1-c1ncn[nH]1)NC[C@@H]1CCCO1. The molecule has 0 bridgehead atoms. The van der Waals surface area contributed by atoms with Crippen molar-refractivity contribution >= 4 is 28.6 Å². The van der Waals surface area contributed by atoms with Gasteiger partial charge in [-0.05, 0) is 25.0 Å². The molecule has 0 aliphatic carbocycles. The first-order valence-corrected chi connectivity index (χ1v) is 9.59. The van der Waals surface area contributed by atoms with Gasteiger partial charge in [0.2, 0.25) is 11.9 Å². The number of aromatic amines is 1. The number of H-pyrrole nitrogens is 1. The maximum absolute atomic E-state index is 12.9. The van der Waals surface area contributed by atoms with Crippen molar-refractivity contribution in [3.8, 4) is 5.95 Å². The third-order valence-electron chi connectivity index (χ3n) is 4.24. The van der Waals surface area contributed by atoms with E-state index in [1.54, 1.807) is 18.2 Å². The zero-order chi connectivity index (χ0) is 18.6. The minimum absolute atomic E-state index is 0.0881. The first-order chi connectivity index (χ1) is 13.2. The number of aromatic nitrogens is 5. The number of para-hydroxylation sites is 1. The summed E-state index contributed by atoms with van der Waals surface area (Å²) < 4.78 is 6.84. The van der Waals surface area contributed by atoms with Gasteiger partial charge in [0, 0.05) is 13.2 Å². The van der Waals surface area contributed by atoms with E-state index in [2.05, 4.69) is 25.5 Å². The summed E-state index contributed by atoms with van der Waals surface area (Å²) in [5.74, 6) is 0.258. The van der Waals surface area contributed by atoms with Crippen molar-refractivity contribution in [2.75, 3.05) is 18.9 Å². The predicted molar refractivity (Wildman–Crippen MR) is 100.0 cm³/mol. The number of benzene rings is 1. The highest BCUT2D eigenvalue weighted by Gasteiger charge is 2.18. The molecule has 1 amide bonds. The van der Waals surface area contributed by atoms with Crippen LogP contribution in [-0.4, -0.2) is 55.6 Å². The topological polar surface area (TPSA) is 115 Å². The van der Waals surface area contributed by atoms with Crippen molar-refractivity contribution in [1.82, 2.24) is 30.0 Å². The van der Waals surface area contributed by atoms with Gasteiger partial charge in [0.25, 0.3) is 5.56 Å². The molecule has 1 fully saturated rings. The molecule has 27 heavy (non-hydrogen) atoms. The molecule has 4 rings (SSSR count). The molecular weight excluding hydrogens is 368 g/mol. The lowest BCUT2D eigenvalue weighted by Crippen LogP contribution is -2.33. The molecule has 3 heterocycles. The Labute approximate surface area is 158 Å². The molecule has 2 aromatic heterocycles.